The summed E-state index contributed by atoms with van der Waals surface area (Å²) in [5.74, 6) is -0.990. The van der Waals surface area contributed by atoms with Gasteiger partial charge in [-0.3, -0.25) is 0 Å². The van der Waals surface area contributed by atoms with Gasteiger partial charge in [0.25, 0.3) is 0 Å². The van der Waals surface area contributed by atoms with Crippen LogP contribution in [0.2, 0.25) is 5.02 Å². The Labute approximate surface area is 124 Å². The number of hydrogen-bond acceptors (Lipinski definition) is 4. The molecule has 0 aliphatic carbocycles. The Morgan fingerprint density at radius 2 is 2.15 bits per heavy atom. The molecule has 1 aromatic heterocycles. The van der Waals surface area contributed by atoms with Crippen LogP contribution in [0.5, 0.6) is 0 Å². The molecule has 1 heterocycles. The van der Waals surface area contributed by atoms with Crippen molar-refractivity contribution in [2.75, 3.05) is 0 Å². The summed E-state index contributed by atoms with van der Waals surface area (Å²) in [5, 5.41) is 10.9. The predicted molar refractivity (Wildman–Crippen MR) is 75.7 cm³/mol. The Morgan fingerprint density at radius 3 is 2.75 bits per heavy atom. The summed E-state index contributed by atoms with van der Waals surface area (Å²) in [5.41, 5.74) is -0.158. The number of rotatable bonds is 5. The summed E-state index contributed by atoms with van der Waals surface area (Å²) in [7, 11) is -4.04. The number of thiophene rings is 1. The molecule has 1 aromatic carbocycles. The first-order valence-corrected chi connectivity index (χ1v) is 8.29. The zero-order chi connectivity index (χ0) is 14.8. The summed E-state index contributed by atoms with van der Waals surface area (Å²) in [6.07, 6.45) is 0. The van der Waals surface area contributed by atoms with Crippen molar-refractivity contribution < 1.29 is 17.9 Å². The molecule has 2 N–H and O–H groups in total. The minimum atomic E-state index is -4.04. The first-order valence-electron chi connectivity index (χ1n) is 5.55. The summed E-state index contributed by atoms with van der Waals surface area (Å²) < 4.78 is 40.4. The highest BCUT2D eigenvalue weighted by molar-refractivity contribution is 7.89. The van der Waals surface area contributed by atoms with Crippen LogP contribution in [-0.4, -0.2) is 13.5 Å². The van der Waals surface area contributed by atoms with Crippen LogP contribution in [0.3, 0.4) is 0 Å². The van der Waals surface area contributed by atoms with Gasteiger partial charge in [-0.1, -0.05) is 17.7 Å². The Kier molecular flexibility index (Phi) is 4.77. The standard InChI is InChI=1S/C12H11ClFNO3S2/c13-9-4-8(7-16)12(14)11(5-9)20(17,18)15-6-10-2-1-3-19-10/h1-5,15-16H,6-7H2. The molecule has 8 heteroatoms. The number of benzene rings is 1. The predicted octanol–water partition coefficient (Wildman–Crippen LogP) is 2.51. The fourth-order valence-electron chi connectivity index (χ4n) is 1.59. The summed E-state index contributed by atoms with van der Waals surface area (Å²) in [4.78, 5) is 0.240. The van der Waals surface area contributed by atoms with Crippen LogP contribution in [0.15, 0.2) is 34.5 Å². The van der Waals surface area contributed by atoms with E-state index in [0.717, 1.165) is 10.9 Å². The molecule has 108 valence electrons. The third-order valence-corrected chi connectivity index (χ3v) is 5.05. The van der Waals surface area contributed by atoms with E-state index in [1.807, 2.05) is 5.38 Å². The molecular formula is C12H11ClFNO3S2. The lowest BCUT2D eigenvalue weighted by Gasteiger charge is -2.10. The molecule has 0 aliphatic heterocycles. The average Bonchev–Trinajstić information content (AvgIpc) is 2.92. The topological polar surface area (TPSA) is 66.4 Å². The van der Waals surface area contributed by atoms with E-state index in [1.165, 1.54) is 17.4 Å². The van der Waals surface area contributed by atoms with Crippen LogP contribution in [0, 0.1) is 5.82 Å². The first kappa shape index (κ1) is 15.4. The highest BCUT2D eigenvalue weighted by Crippen LogP contribution is 2.24. The number of hydrogen-bond donors (Lipinski definition) is 2. The molecule has 2 rings (SSSR count). The first-order chi connectivity index (χ1) is 9.44. The molecule has 4 nitrogen and oxygen atoms in total. The molecule has 0 saturated heterocycles. The van der Waals surface area contributed by atoms with Gasteiger partial charge in [0.1, 0.15) is 10.7 Å². The molecule has 0 saturated carbocycles. The van der Waals surface area contributed by atoms with Crippen molar-refractivity contribution in [2.24, 2.45) is 0 Å². The molecule has 0 unspecified atom stereocenters. The second-order valence-electron chi connectivity index (χ2n) is 3.94. The monoisotopic (exact) mass is 335 g/mol. The zero-order valence-electron chi connectivity index (χ0n) is 10.1. The zero-order valence-corrected chi connectivity index (χ0v) is 12.5. The van der Waals surface area contributed by atoms with E-state index < -0.39 is 27.3 Å². The fourth-order valence-corrected chi connectivity index (χ4v) is 3.78. The number of halogens is 2. The average molecular weight is 336 g/mol. The molecule has 0 amide bonds. The number of aliphatic hydroxyl groups excluding tert-OH is 1. The van der Waals surface area contributed by atoms with Crippen molar-refractivity contribution >= 4 is 33.0 Å². The van der Waals surface area contributed by atoms with E-state index in [9.17, 15) is 12.8 Å². The van der Waals surface area contributed by atoms with E-state index in [1.54, 1.807) is 12.1 Å². The maximum atomic E-state index is 14.0. The Bertz CT molecular complexity index is 702. The van der Waals surface area contributed by atoms with Crippen LogP contribution < -0.4 is 4.72 Å². The van der Waals surface area contributed by atoms with E-state index in [0.29, 0.717) is 0 Å². The van der Waals surface area contributed by atoms with Crippen LogP contribution in [0.4, 0.5) is 4.39 Å². The van der Waals surface area contributed by atoms with Crippen LogP contribution in [0.25, 0.3) is 0 Å². The number of sulfonamides is 1. The molecule has 0 aliphatic rings. The minimum absolute atomic E-state index is 0.0481. The lowest BCUT2D eigenvalue weighted by atomic mass is 10.2. The van der Waals surface area contributed by atoms with Gasteiger partial charge >= 0.3 is 0 Å². The second-order valence-corrected chi connectivity index (χ2v) is 7.14. The number of aliphatic hydroxyl groups is 1. The molecule has 0 fully saturated rings. The van der Waals surface area contributed by atoms with Gasteiger partial charge in [0.2, 0.25) is 10.0 Å². The van der Waals surface area contributed by atoms with Gasteiger partial charge in [-0.05, 0) is 23.6 Å². The number of nitrogens with one attached hydrogen (secondary N) is 1. The lowest BCUT2D eigenvalue weighted by molar-refractivity contribution is 0.274. The summed E-state index contributed by atoms with van der Waals surface area (Å²) in [6, 6.07) is 5.76. The molecule has 2 aromatic rings. The van der Waals surface area contributed by atoms with Crippen molar-refractivity contribution in [3.63, 3.8) is 0 Å². The quantitative estimate of drug-likeness (QED) is 0.882. The normalized spacial score (nSPS) is 11.8. The van der Waals surface area contributed by atoms with Gasteiger partial charge in [0, 0.05) is 22.0 Å². The van der Waals surface area contributed by atoms with Crippen molar-refractivity contribution in [1.29, 1.82) is 0 Å². The van der Waals surface area contributed by atoms with Gasteiger partial charge in [-0.15, -0.1) is 11.3 Å². The lowest BCUT2D eigenvalue weighted by Crippen LogP contribution is -2.24. The van der Waals surface area contributed by atoms with Gasteiger partial charge in [-0.2, -0.15) is 0 Å². The van der Waals surface area contributed by atoms with Gasteiger partial charge in [0.05, 0.1) is 6.61 Å². The minimum Gasteiger partial charge on any atom is -0.392 e. The van der Waals surface area contributed by atoms with Crippen LogP contribution in [0.1, 0.15) is 10.4 Å². The molecule has 20 heavy (non-hydrogen) atoms. The summed E-state index contributed by atoms with van der Waals surface area (Å²) in [6.45, 7) is -0.555. The van der Waals surface area contributed by atoms with E-state index >= 15 is 0 Å². The Balaban J connectivity index is 2.31. The summed E-state index contributed by atoms with van der Waals surface area (Å²) >= 11 is 7.13. The van der Waals surface area contributed by atoms with Crippen LogP contribution in [-0.2, 0) is 23.2 Å². The Hall–Kier alpha value is -0.990. The van der Waals surface area contributed by atoms with Gasteiger partial charge in [0.15, 0.2) is 0 Å². The van der Waals surface area contributed by atoms with Crippen molar-refractivity contribution in [3.05, 3.63) is 50.9 Å². The smallest absolute Gasteiger partial charge is 0.243 e. The molecular weight excluding hydrogens is 325 g/mol. The van der Waals surface area contributed by atoms with Crippen molar-refractivity contribution in [1.82, 2.24) is 4.72 Å². The highest BCUT2D eigenvalue weighted by atomic mass is 35.5. The van der Waals surface area contributed by atoms with Crippen molar-refractivity contribution in [3.8, 4) is 0 Å². The molecule has 0 spiro atoms. The fraction of sp³-hybridized carbons (Fsp3) is 0.167. The second kappa shape index (κ2) is 6.19. The SMILES string of the molecule is O=S(=O)(NCc1cccs1)c1cc(Cl)cc(CO)c1F. The largest absolute Gasteiger partial charge is 0.392 e. The van der Waals surface area contributed by atoms with Gasteiger partial charge in [-0.25, -0.2) is 17.5 Å². The molecule has 0 radical (unpaired) electrons. The van der Waals surface area contributed by atoms with E-state index in [2.05, 4.69) is 4.72 Å². The maximum Gasteiger partial charge on any atom is 0.243 e. The van der Waals surface area contributed by atoms with Crippen LogP contribution >= 0.6 is 22.9 Å². The maximum absolute atomic E-state index is 14.0. The molecule has 0 atom stereocenters. The Morgan fingerprint density at radius 1 is 1.40 bits per heavy atom. The third kappa shape index (κ3) is 3.36. The third-order valence-electron chi connectivity index (χ3n) is 2.56. The van der Waals surface area contributed by atoms with E-state index in [4.69, 9.17) is 16.7 Å². The van der Waals surface area contributed by atoms with Crippen molar-refractivity contribution in [2.45, 2.75) is 18.0 Å². The molecule has 0 bridgehead atoms. The van der Waals surface area contributed by atoms with Gasteiger partial charge < -0.3 is 5.11 Å². The highest BCUT2D eigenvalue weighted by Gasteiger charge is 2.22. The van der Waals surface area contributed by atoms with E-state index in [-0.39, 0.29) is 17.1 Å².